The van der Waals surface area contributed by atoms with Gasteiger partial charge in [-0.2, -0.15) is 0 Å². The Balaban J connectivity index is 1.99. The molecular formula is C15H11Cl2FO2. The molecule has 1 unspecified atom stereocenters. The van der Waals surface area contributed by atoms with Crippen LogP contribution in [0, 0.1) is 5.82 Å². The van der Waals surface area contributed by atoms with E-state index in [0.717, 1.165) is 0 Å². The lowest BCUT2D eigenvalue weighted by Gasteiger charge is -2.30. The minimum atomic E-state index is -0.797. The summed E-state index contributed by atoms with van der Waals surface area (Å²) in [6.45, 7) is 0. The van der Waals surface area contributed by atoms with E-state index < -0.39 is 18.0 Å². The molecule has 0 aromatic heterocycles. The number of hydrogen-bond donors (Lipinski definition) is 1. The Bertz CT molecular complexity index is 660. The van der Waals surface area contributed by atoms with Crippen molar-refractivity contribution in [1.82, 2.24) is 0 Å². The van der Waals surface area contributed by atoms with Gasteiger partial charge in [-0.15, -0.1) is 0 Å². The first kappa shape index (κ1) is 13.7. The predicted molar refractivity (Wildman–Crippen MR) is 75.8 cm³/mol. The van der Waals surface area contributed by atoms with Crippen LogP contribution in [0.1, 0.15) is 29.8 Å². The largest absolute Gasteiger partial charge is 0.485 e. The molecule has 0 radical (unpaired) electrons. The highest BCUT2D eigenvalue weighted by atomic mass is 35.5. The van der Waals surface area contributed by atoms with Crippen molar-refractivity contribution in [3.8, 4) is 5.75 Å². The molecular weight excluding hydrogens is 302 g/mol. The quantitative estimate of drug-likeness (QED) is 0.827. The van der Waals surface area contributed by atoms with Gasteiger partial charge in [0.1, 0.15) is 17.7 Å². The summed E-state index contributed by atoms with van der Waals surface area (Å²) in [5, 5.41) is 11.0. The van der Waals surface area contributed by atoms with E-state index in [1.165, 1.54) is 18.2 Å². The lowest BCUT2D eigenvalue weighted by atomic mass is 9.95. The molecule has 0 aliphatic carbocycles. The molecule has 0 amide bonds. The molecule has 1 aliphatic heterocycles. The van der Waals surface area contributed by atoms with Gasteiger partial charge < -0.3 is 9.84 Å². The number of halogens is 3. The van der Waals surface area contributed by atoms with Crippen molar-refractivity contribution in [2.24, 2.45) is 0 Å². The summed E-state index contributed by atoms with van der Waals surface area (Å²) in [4.78, 5) is 0. The fraction of sp³-hybridized carbons (Fsp3) is 0.200. The van der Waals surface area contributed by atoms with Crippen molar-refractivity contribution < 1.29 is 14.2 Å². The Morgan fingerprint density at radius 3 is 2.75 bits per heavy atom. The second kappa shape index (κ2) is 5.24. The Kier molecular flexibility index (Phi) is 3.59. The summed E-state index contributed by atoms with van der Waals surface area (Å²) in [5.41, 5.74) is 1.17. The molecule has 0 bridgehead atoms. The van der Waals surface area contributed by atoms with Crippen LogP contribution in [0.2, 0.25) is 10.0 Å². The number of benzene rings is 2. The van der Waals surface area contributed by atoms with Crippen molar-refractivity contribution in [3.05, 3.63) is 63.4 Å². The number of hydrogen-bond acceptors (Lipinski definition) is 2. The SMILES string of the molecule is O[C@@H]1CC(c2cccc(Cl)c2Cl)Oc2ccc(F)cc21. The number of aliphatic hydroxyl groups excluding tert-OH is 1. The monoisotopic (exact) mass is 312 g/mol. The van der Waals surface area contributed by atoms with Gasteiger partial charge in [-0.1, -0.05) is 35.3 Å². The fourth-order valence-corrected chi connectivity index (χ4v) is 2.81. The smallest absolute Gasteiger partial charge is 0.128 e. The summed E-state index contributed by atoms with van der Waals surface area (Å²) in [7, 11) is 0. The average molecular weight is 313 g/mol. The van der Waals surface area contributed by atoms with E-state index in [4.69, 9.17) is 27.9 Å². The van der Waals surface area contributed by atoms with E-state index in [1.54, 1.807) is 18.2 Å². The topological polar surface area (TPSA) is 29.5 Å². The molecule has 0 saturated carbocycles. The molecule has 2 nitrogen and oxygen atoms in total. The zero-order chi connectivity index (χ0) is 14.3. The maximum Gasteiger partial charge on any atom is 0.128 e. The summed E-state index contributed by atoms with van der Waals surface area (Å²) in [6, 6.07) is 9.37. The fourth-order valence-electron chi connectivity index (χ4n) is 2.38. The van der Waals surface area contributed by atoms with E-state index in [9.17, 15) is 9.50 Å². The van der Waals surface area contributed by atoms with Crippen molar-refractivity contribution in [3.63, 3.8) is 0 Å². The molecule has 20 heavy (non-hydrogen) atoms. The van der Waals surface area contributed by atoms with Crippen LogP contribution in [0.25, 0.3) is 0 Å². The van der Waals surface area contributed by atoms with E-state index in [2.05, 4.69) is 0 Å². The summed E-state index contributed by atoms with van der Waals surface area (Å²) < 4.78 is 19.0. The van der Waals surface area contributed by atoms with Crippen LogP contribution < -0.4 is 4.74 Å². The van der Waals surface area contributed by atoms with E-state index in [0.29, 0.717) is 33.3 Å². The number of aliphatic hydroxyl groups is 1. The Hall–Kier alpha value is -1.29. The van der Waals surface area contributed by atoms with Crippen LogP contribution in [-0.4, -0.2) is 5.11 Å². The number of fused-ring (bicyclic) bond motifs is 1. The summed E-state index contributed by atoms with van der Waals surface area (Å²) in [5.74, 6) is 0.0665. The van der Waals surface area contributed by atoms with E-state index in [1.807, 2.05) is 0 Å². The van der Waals surface area contributed by atoms with Crippen LogP contribution in [0.15, 0.2) is 36.4 Å². The lowest BCUT2D eigenvalue weighted by molar-refractivity contribution is 0.0654. The minimum absolute atomic E-state index is 0.302. The first-order valence-corrected chi connectivity index (χ1v) is 6.90. The van der Waals surface area contributed by atoms with Crippen LogP contribution in [-0.2, 0) is 0 Å². The molecule has 3 rings (SSSR count). The Labute approximate surface area is 125 Å². The van der Waals surface area contributed by atoms with Crippen LogP contribution in [0.4, 0.5) is 4.39 Å². The van der Waals surface area contributed by atoms with Gasteiger partial charge in [-0.25, -0.2) is 4.39 Å². The van der Waals surface area contributed by atoms with E-state index >= 15 is 0 Å². The summed E-state index contributed by atoms with van der Waals surface area (Å²) in [6.07, 6.45) is -0.903. The van der Waals surface area contributed by atoms with Gasteiger partial charge in [0.25, 0.3) is 0 Å². The standard InChI is InChI=1S/C15H11Cl2FO2/c16-11-3-1-2-9(15(11)17)14-7-12(19)10-6-8(18)4-5-13(10)20-14/h1-6,12,14,19H,7H2/t12-,14?/m1/s1. The molecule has 0 spiro atoms. The van der Waals surface area contributed by atoms with E-state index in [-0.39, 0.29) is 0 Å². The highest BCUT2D eigenvalue weighted by Crippen LogP contribution is 2.43. The van der Waals surface area contributed by atoms with Crippen molar-refractivity contribution in [1.29, 1.82) is 0 Å². The number of ether oxygens (including phenoxy) is 1. The minimum Gasteiger partial charge on any atom is -0.485 e. The third-order valence-electron chi connectivity index (χ3n) is 3.37. The first-order chi connectivity index (χ1) is 9.56. The molecule has 2 aromatic rings. The highest BCUT2D eigenvalue weighted by molar-refractivity contribution is 6.42. The Morgan fingerprint density at radius 2 is 1.95 bits per heavy atom. The van der Waals surface area contributed by atoms with Gasteiger partial charge >= 0.3 is 0 Å². The third kappa shape index (κ3) is 2.37. The average Bonchev–Trinajstić information content (AvgIpc) is 2.42. The maximum absolute atomic E-state index is 13.2. The first-order valence-electron chi connectivity index (χ1n) is 6.14. The van der Waals surface area contributed by atoms with Crippen LogP contribution in [0.5, 0.6) is 5.75 Å². The zero-order valence-electron chi connectivity index (χ0n) is 10.3. The molecule has 1 heterocycles. The normalized spacial score (nSPS) is 21.2. The van der Waals surface area contributed by atoms with Gasteiger partial charge in [0.15, 0.2) is 0 Å². The molecule has 2 atom stereocenters. The Morgan fingerprint density at radius 1 is 1.15 bits per heavy atom. The molecule has 1 N–H and O–H groups in total. The van der Waals surface area contributed by atoms with Crippen molar-refractivity contribution >= 4 is 23.2 Å². The number of rotatable bonds is 1. The van der Waals surface area contributed by atoms with Crippen LogP contribution in [0.3, 0.4) is 0 Å². The van der Waals surface area contributed by atoms with Gasteiger partial charge in [0, 0.05) is 17.5 Å². The lowest BCUT2D eigenvalue weighted by Crippen LogP contribution is -2.19. The molecule has 2 aromatic carbocycles. The van der Waals surface area contributed by atoms with Crippen molar-refractivity contribution in [2.75, 3.05) is 0 Å². The second-order valence-corrected chi connectivity index (χ2v) is 5.47. The van der Waals surface area contributed by atoms with Gasteiger partial charge in [-0.3, -0.25) is 0 Å². The highest BCUT2D eigenvalue weighted by Gasteiger charge is 2.29. The van der Waals surface area contributed by atoms with Gasteiger partial charge in [-0.05, 0) is 24.3 Å². The summed E-state index contributed by atoms with van der Waals surface area (Å²) >= 11 is 12.2. The third-order valence-corrected chi connectivity index (χ3v) is 4.20. The van der Waals surface area contributed by atoms with Crippen molar-refractivity contribution in [2.45, 2.75) is 18.6 Å². The second-order valence-electron chi connectivity index (χ2n) is 4.68. The zero-order valence-corrected chi connectivity index (χ0v) is 11.8. The molecule has 0 fully saturated rings. The van der Waals surface area contributed by atoms with Gasteiger partial charge in [0.2, 0.25) is 0 Å². The predicted octanol–water partition coefficient (Wildman–Crippen LogP) is 4.69. The van der Waals surface area contributed by atoms with Crippen LogP contribution >= 0.6 is 23.2 Å². The molecule has 104 valence electrons. The molecule has 1 aliphatic rings. The van der Waals surface area contributed by atoms with Gasteiger partial charge in [0.05, 0.1) is 16.1 Å². The maximum atomic E-state index is 13.2. The molecule has 5 heteroatoms. The molecule has 0 saturated heterocycles.